The van der Waals surface area contributed by atoms with Gasteiger partial charge < -0.3 is 9.88 Å². The van der Waals surface area contributed by atoms with Crippen LogP contribution in [0.2, 0.25) is 0 Å². The second kappa shape index (κ2) is 7.03. The number of benzene rings is 2. The van der Waals surface area contributed by atoms with Crippen molar-refractivity contribution in [1.29, 1.82) is 5.26 Å². The van der Waals surface area contributed by atoms with Crippen LogP contribution in [0.4, 0.5) is 0 Å². The molecule has 8 rings (SSSR count). The number of allylic oxidation sites excluding steroid dienone is 4. The molecule has 1 aliphatic heterocycles. The number of hydrogen-bond donors (Lipinski definition) is 1. The average Bonchev–Trinajstić information content (AvgIpc) is 3.62. The average molecular weight is 462 g/mol. The number of nitriles is 1. The molecule has 2 atom stereocenters. The number of rotatable bonds is 2. The number of aromatic nitrogens is 3. The van der Waals surface area contributed by atoms with Crippen LogP contribution in [-0.4, -0.2) is 14.5 Å². The fraction of sp³-hybridized carbons (Fsp3) is 0.0645. The van der Waals surface area contributed by atoms with Gasteiger partial charge in [0, 0.05) is 34.8 Å². The minimum absolute atomic E-state index is 0.0819. The summed E-state index contributed by atoms with van der Waals surface area (Å²) in [6.45, 7) is 0. The fourth-order valence-electron chi connectivity index (χ4n) is 6.06. The lowest BCUT2D eigenvalue weighted by Crippen LogP contribution is -2.26. The molecule has 0 fully saturated rings. The summed E-state index contributed by atoms with van der Waals surface area (Å²) in [5.74, 6) is 0.271. The molecule has 3 aliphatic rings. The fourth-order valence-corrected chi connectivity index (χ4v) is 6.06. The van der Waals surface area contributed by atoms with Crippen molar-refractivity contribution < 1.29 is 0 Å². The summed E-state index contributed by atoms with van der Waals surface area (Å²) in [5, 5.41) is 15.4. The van der Waals surface area contributed by atoms with E-state index in [-0.39, 0.29) is 12.1 Å². The van der Waals surface area contributed by atoms with Gasteiger partial charge >= 0.3 is 0 Å². The lowest BCUT2D eigenvalue weighted by atomic mass is 9.86. The van der Waals surface area contributed by atoms with E-state index >= 15 is 0 Å². The standard InChI is InChI=1S/C31H19N5/c32-15-18-14-23-21-7-3-4-10-26(21)36(27(23)17-34-18)28-11-5-9-25(35-28)31-29-22-8-2-1-6-19(22)20-12-13-33-16-24(20)30(29)31/h1-14,16-17,28,30,35H. The van der Waals surface area contributed by atoms with E-state index < -0.39 is 0 Å². The minimum atomic E-state index is -0.0819. The van der Waals surface area contributed by atoms with Gasteiger partial charge in [-0.3, -0.25) is 4.98 Å². The van der Waals surface area contributed by atoms with Crippen molar-refractivity contribution in [1.82, 2.24) is 19.9 Å². The maximum Gasteiger partial charge on any atom is 0.141 e. The molecule has 0 saturated carbocycles. The van der Waals surface area contributed by atoms with Crippen molar-refractivity contribution >= 4 is 27.4 Å². The smallest absolute Gasteiger partial charge is 0.141 e. The van der Waals surface area contributed by atoms with Crippen molar-refractivity contribution in [3.63, 3.8) is 0 Å². The molecule has 0 saturated heterocycles. The zero-order valence-electron chi connectivity index (χ0n) is 19.2. The van der Waals surface area contributed by atoms with E-state index in [1.807, 2.05) is 30.7 Å². The van der Waals surface area contributed by atoms with E-state index in [1.54, 1.807) is 0 Å². The Kier molecular flexibility index (Phi) is 3.78. The number of dihydropyridines is 1. The van der Waals surface area contributed by atoms with Crippen LogP contribution in [-0.2, 0) is 0 Å². The Morgan fingerprint density at radius 2 is 1.72 bits per heavy atom. The summed E-state index contributed by atoms with van der Waals surface area (Å²) >= 11 is 0. The van der Waals surface area contributed by atoms with E-state index in [1.165, 1.54) is 33.4 Å². The third-order valence-corrected chi connectivity index (χ3v) is 7.59. The third kappa shape index (κ3) is 2.53. The summed E-state index contributed by atoms with van der Waals surface area (Å²) in [5.41, 5.74) is 11.6. The SMILES string of the molecule is N#Cc1cc2c3ccccc3n(C3C=CC=C(C4=C5c6ccccc6-c6ccncc6C45)N3)c2cn1. The van der Waals surface area contributed by atoms with Crippen molar-refractivity contribution in [3.05, 3.63) is 126 Å². The highest BCUT2D eigenvalue weighted by Gasteiger charge is 2.46. The highest BCUT2D eigenvalue weighted by atomic mass is 15.2. The first-order valence-electron chi connectivity index (χ1n) is 12.1. The summed E-state index contributed by atoms with van der Waals surface area (Å²) in [4.78, 5) is 8.84. The monoisotopic (exact) mass is 461 g/mol. The second-order valence-corrected chi connectivity index (χ2v) is 9.41. The van der Waals surface area contributed by atoms with Gasteiger partial charge in [0.05, 0.1) is 17.2 Å². The van der Waals surface area contributed by atoms with Crippen LogP contribution < -0.4 is 5.32 Å². The van der Waals surface area contributed by atoms with E-state index in [0.29, 0.717) is 5.69 Å². The molecule has 5 nitrogen and oxygen atoms in total. The minimum Gasteiger partial charge on any atom is -0.361 e. The number of hydrogen-bond acceptors (Lipinski definition) is 4. The summed E-state index contributed by atoms with van der Waals surface area (Å²) < 4.78 is 2.28. The van der Waals surface area contributed by atoms with Gasteiger partial charge in [-0.15, -0.1) is 0 Å². The van der Waals surface area contributed by atoms with E-state index in [9.17, 15) is 5.26 Å². The molecule has 3 aromatic heterocycles. The molecule has 2 aliphatic carbocycles. The third-order valence-electron chi connectivity index (χ3n) is 7.59. The molecule has 0 spiro atoms. The van der Waals surface area contributed by atoms with Gasteiger partial charge in [0.15, 0.2) is 0 Å². The topological polar surface area (TPSA) is 66.5 Å². The maximum absolute atomic E-state index is 9.41. The summed E-state index contributed by atoms with van der Waals surface area (Å²) in [6.07, 6.45) is 12.1. The molecule has 5 aromatic rings. The Hall–Kier alpha value is -4.95. The molecule has 0 radical (unpaired) electrons. The number of nitrogens with zero attached hydrogens (tertiary/aromatic N) is 4. The van der Waals surface area contributed by atoms with Gasteiger partial charge in [0.25, 0.3) is 0 Å². The van der Waals surface area contributed by atoms with Crippen molar-refractivity contribution in [2.45, 2.75) is 12.1 Å². The predicted molar refractivity (Wildman–Crippen MR) is 141 cm³/mol. The van der Waals surface area contributed by atoms with E-state index in [0.717, 1.165) is 27.5 Å². The van der Waals surface area contributed by atoms with E-state index in [2.05, 4.69) is 92.7 Å². The molecule has 0 bridgehead atoms. The van der Waals surface area contributed by atoms with Crippen LogP contribution in [0.25, 0.3) is 38.5 Å². The highest BCUT2D eigenvalue weighted by molar-refractivity contribution is 6.08. The quantitative estimate of drug-likeness (QED) is 0.338. The molecule has 5 heteroatoms. The Morgan fingerprint density at radius 1 is 0.861 bits per heavy atom. The molecule has 4 heterocycles. The van der Waals surface area contributed by atoms with Crippen molar-refractivity contribution in [3.8, 4) is 17.2 Å². The van der Waals surface area contributed by atoms with Gasteiger partial charge in [-0.05, 0) is 63.8 Å². The van der Waals surface area contributed by atoms with Crippen LogP contribution in [0.5, 0.6) is 0 Å². The van der Waals surface area contributed by atoms with Gasteiger partial charge in [0.1, 0.15) is 17.9 Å². The lowest BCUT2D eigenvalue weighted by molar-refractivity contribution is 0.559. The molecule has 1 N–H and O–H groups in total. The number of fused-ring (bicyclic) bond motifs is 9. The van der Waals surface area contributed by atoms with Crippen LogP contribution in [0, 0.1) is 11.3 Å². The normalized spacial score (nSPS) is 19.2. The number of para-hydroxylation sites is 1. The van der Waals surface area contributed by atoms with E-state index in [4.69, 9.17) is 0 Å². The zero-order valence-corrected chi connectivity index (χ0v) is 19.2. The number of pyridine rings is 2. The van der Waals surface area contributed by atoms with Gasteiger partial charge in [-0.25, -0.2) is 4.98 Å². The molecular formula is C31H19N5. The first-order chi connectivity index (χ1) is 17.8. The Labute approximate surface area is 207 Å². The summed E-state index contributed by atoms with van der Waals surface area (Å²) in [6, 6.07) is 23.2. The maximum atomic E-state index is 9.41. The lowest BCUT2D eigenvalue weighted by Gasteiger charge is -2.24. The number of nitrogens with one attached hydrogen (secondary N) is 1. The molecule has 36 heavy (non-hydrogen) atoms. The highest BCUT2D eigenvalue weighted by Crippen LogP contribution is 2.63. The summed E-state index contributed by atoms with van der Waals surface area (Å²) in [7, 11) is 0. The van der Waals surface area contributed by atoms with Crippen LogP contribution >= 0.6 is 0 Å². The van der Waals surface area contributed by atoms with Crippen molar-refractivity contribution in [2.24, 2.45) is 0 Å². The van der Waals surface area contributed by atoms with Crippen LogP contribution in [0.15, 0.2) is 109 Å². The predicted octanol–water partition coefficient (Wildman–Crippen LogP) is 6.23. The van der Waals surface area contributed by atoms with Crippen LogP contribution in [0.1, 0.15) is 28.9 Å². The molecule has 168 valence electrons. The molecule has 0 amide bonds. The zero-order chi connectivity index (χ0) is 23.8. The van der Waals surface area contributed by atoms with Gasteiger partial charge in [-0.1, -0.05) is 48.5 Å². The molecular weight excluding hydrogens is 442 g/mol. The van der Waals surface area contributed by atoms with Crippen molar-refractivity contribution in [2.75, 3.05) is 0 Å². The first-order valence-corrected chi connectivity index (χ1v) is 12.1. The first kappa shape index (κ1) is 19.4. The second-order valence-electron chi connectivity index (χ2n) is 9.41. The Morgan fingerprint density at radius 3 is 2.64 bits per heavy atom. The van der Waals surface area contributed by atoms with Crippen LogP contribution in [0.3, 0.4) is 0 Å². The largest absolute Gasteiger partial charge is 0.361 e. The Bertz CT molecular complexity index is 1900. The molecule has 2 unspecified atom stereocenters. The van der Waals surface area contributed by atoms with Gasteiger partial charge in [0.2, 0.25) is 0 Å². The Balaban J connectivity index is 1.25. The molecule has 2 aromatic carbocycles. The van der Waals surface area contributed by atoms with Gasteiger partial charge in [-0.2, -0.15) is 5.26 Å².